The minimum absolute atomic E-state index is 0.0316. The number of para-hydroxylation sites is 1. The zero-order valence-corrected chi connectivity index (χ0v) is 25.0. The average molecular weight is 640 g/mol. The molecule has 1 atom stereocenters. The fourth-order valence-corrected chi connectivity index (χ4v) is 5.21. The Labute approximate surface area is 254 Å². The van der Waals surface area contributed by atoms with Gasteiger partial charge in [0.2, 0.25) is 0 Å². The lowest BCUT2D eigenvalue weighted by molar-refractivity contribution is -0.210. The van der Waals surface area contributed by atoms with E-state index in [0.29, 0.717) is 35.9 Å². The van der Waals surface area contributed by atoms with Gasteiger partial charge in [-0.3, -0.25) is 9.59 Å². The minimum Gasteiger partial charge on any atom is -0.425 e. The van der Waals surface area contributed by atoms with Gasteiger partial charge in [0, 0.05) is 36.8 Å². The number of alkyl halides is 3. The quantitative estimate of drug-likeness (QED) is 0.161. The highest BCUT2D eigenvalue weighted by Gasteiger charge is 2.44. The van der Waals surface area contributed by atoms with Crippen LogP contribution in [0.3, 0.4) is 0 Å². The number of nitrogens with zero attached hydrogens (tertiary/aromatic N) is 4. The van der Waals surface area contributed by atoms with Crippen molar-refractivity contribution in [1.82, 2.24) is 19.0 Å². The van der Waals surface area contributed by atoms with E-state index in [0.717, 1.165) is 17.4 Å². The van der Waals surface area contributed by atoms with Crippen LogP contribution >= 0.6 is 23.2 Å². The molecule has 2 heterocycles. The van der Waals surface area contributed by atoms with E-state index in [2.05, 4.69) is 4.98 Å². The summed E-state index contributed by atoms with van der Waals surface area (Å²) in [6.07, 6.45) is -3.87. The molecule has 2 aromatic carbocycles. The highest BCUT2D eigenvalue weighted by Crippen LogP contribution is 2.34. The van der Waals surface area contributed by atoms with E-state index in [1.807, 2.05) is 0 Å². The molecular weight excluding hydrogens is 610 g/mol. The number of unbranched alkanes of at least 4 members (excludes halogenated alkanes) is 2. The second-order valence-corrected chi connectivity index (χ2v) is 10.6. The van der Waals surface area contributed by atoms with Crippen molar-refractivity contribution in [2.24, 2.45) is 5.73 Å². The van der Waals surface area contributed by atoms with Crippen molar-refractivity contribution in [2.45, 2.75) is 52.1 Å². The van der Waals surface area contributed by atoms with Crippen molar-refractivity contribution in [3.63, 3.8) is 0 Å². The first-order valence-corrected chi connectivity index (χ1v) is 14.4. The Morgan fingerprint density at radius 2 is 1.72 bits per heavy atom. The minimum atomic E-state index is -5.34. The van der Waals surface area contributed by atoms with Crippen LogP contribution in [0.15, 0.2) is 47.4 Å². The first-order chi connectivity index (χ1) is 20.4. The maximum atomic E-state index is 14.0. The molecule has 230 valence electrons. The number of hydrogen-bond donors (Lipinski definition) is 1. The Hall–Kier alpha value is -3.61. The van der Waals surface area contributed by atoms with E-state index < -0.39 is 29.8 Å². The van der Waals surface area contributed by atoms with Crippen molar-refractivity contribution >= 4 is 57.0 Å². The second kappa shape index (κ2) is 13.4. The lowest BCUT2D eigenvalue weighted by atomic mass is 10.1. The number of fused-ring (bicyclic) bond motifs is 2. The molecule has 0 spiro atoms. The summed E-state index contributed by atoms with van der Waals surface area (Å²) >= 11 is 12.6. The maximum absolute atomic E-state index is 14.0. The number of likely N-dealkylation sites (N-methyl/N-ethyl adjacent to an activating group) is 1. The summed E-state index contributed by atoms with van der Waals surface area (Å²) in [4.78, 5) is 45.3. The summed E-state index contributed by atoms with van der Waals surface area (Å²) < 4.78 is 47.4. The second-order valence-electron chi connectivity index (χ2n) is 9.75. The normalized spacial score (nSPS) is 12.6. The van der Waals surface area contributed by atoms with Gasteiger partial charge in [0.25, 0.3) is 17.7 Å². The topological polar surface area (TPSA) is 112 Å². The monoisotopic (exact) mass is 639 g/mol. The van der Waals surface area contributed by atoms with Gasteiger partial charge in [-0.05, 0) is 51.4 Å². The van der Waals surface area contributed by atoms with Gasteiger partial charge in [0.1, 0.15) is 5.69 Å². The summed E-state index contributed by atoms with van der Waals surface area (Å²) in [5.74, 6) is -3.38. The first-order valence-electron chi connectivity index (χ1n) is 13.7. The molecule has 0 aliphatic heterocycles. The van der Waals surface area contributed by atoms with Crippen LogP contribution in [0.2, 0.25) is 10.0 Å². The average Bonchev–Trinajstić information content (AvgIpc) is 3.35. The standard InChI is InChI=1S/C29H30Cl2F3N5O4/c1-3-37(4-2)26(41)27(43-28(42)29(32,33)34)39-16-18(17-10-6-7-11-22(17)39)24-25(40)38(13-9-5-8-12-35)23-15-20(31)19(30)14-21(23)36-24/h6-7,10-11,14-16,27H,3-5,8-9,12-13,35H2,1-2H3. The number of halogens is 5. The third-order valence-electron chi connectivity index (χ3n) is 7.06. The van der Waals surface area contributed by atoms with Crippen molar-refractivity contribution in [2.75, 3.05) is 19.6 Å². The summed E-state index contributed by atoms with van der Waals surface area (Å²) in [5, 5.41) is 0.855. The summed E-state index contributed by atoms with van der Waals surface area (Å²) in [5.41, 5.74) is 6.40. The molecule has 0 bridgehead atoms. The first kappa shape index (κ1) is 32.3. The highest BCUT2D eigenvalue weighted by atomic mass is 35.5. The van der Waals surface area contributed by atoms with Crippen LogP contribution in [0.4, 0.5) is 13.2 Å². The van der Waals surface area contributed by atoms with Crippen LogP contribution < -0.4 is 11.3 Å². The zero-order chi connectivity index (χ0) is 31.5. The Bertz CT molecular complexity index is 1720. The molecule has 0 aliphatic rings. The predicted octanol–water partition coefficient (Wildman–Crippen LogP) is 5.93. The number of ether oxygens (including phenoxy) is 1. The van der Waals surface area contributed by atoms with E-state index in [9.17, 15) is 27.6 Å². The fraction of sp³-hybridized carbons (Fsp3) is 0.379. The Kier molecular flexibility index (Phi) is 10.0. The predicted molar refractivity (Wildman–Crippen MR) is 159 cm³/mol. The third-order valence-corrected chi connectivity index (χ3v) is 7.78. The van der Waals surface area contributed by atoms with Gasteiger partial charge < -0.3 is 24.5 Å². The molecule has 0 saturated heterocycles. The number of rotatable bonds is 11. The number of carbonyl (C=O) groups is 2. The van der Waals surface area contributed by atoms with Gasteiger partial charge in [0.15, 0.2) is 0 Å². The van der Waals surface area contributed by atoms with Gasteiger partial charge in [-0.25, -0.2) is 9.78 Å². The van der Waals surface area contributed by atoms with Crippen molar-refractivity contribution in [3.8, 4) is 11.3 Å². The molecule has 0 saturated carbocycles. The number of amides is 1. The number of esters is 1. The van der Waals surface area contributed by atoms with Gasteiger partial charge >= 0.3 is 12.1 Å². The fourth-order valence-electron chi connectivity index (χ4n) is 4.90. The largest absolute Gasteiger partial charge is 0.491 e. The van der Waals surface area contributed by atoms with Gasteiger partial charge in [-0.1, -0.05) is 47.8 Å². The zero-order valence-electron chi connectivity index (χ0n) is 23.5. The number of aromatic nitrogens is 3. The molecule has 2 aromatic heterocycles. The number of aryl methyl sites for hydroxylation is 1. The highest BCUT2D eigenvalue weighted by molar-refractivity contribution is 6.42. The Morgan fingerprint density at radius 1 is 1.05 bits per heavy atom. The smallest absolute Gasteiger partial charge is 0.425 e. The third kappa shape index (κ3) is 6.66. The van der Waals surface area contributed by atoms with Crippen LogP contribution in [0.25, 0.3) is 33.2 Å². The van der Waals surface area contributed by atoms with E-state index >= 15 is 0 Å². The summed E-state index contributed by atoms with van der Waals surface area (Å²) in [7, 11) is 0. The van der Waals surface area contributed by atoms with Gasteiger partial charge in [-0.2, -0.15) is 13.2 Å². The van der Waals surface area contributed by atoms with Crippen molar-refractivity contribution in [3.05, 3.63) is 63.0 Å². The SMILES string of the molecule is CCN(CC)C(=O)C(OC(=O)C(F)(F)F)n1cc(-c2nc3cc(Cl)c(Cl)cc3n(CCCCCN)c2=O)c2ccccc21. The number of nitrogens with two attached hydrogens (primary N) is 1. The molecule has 1 unspecified atom stereocenters. The van der Waals surface area contributed by atoms with Gasteiger partial charge in [-0.15, -0.1) is 0 Å². The Morgan fingerprint density at radius 3 is 2.37 bits per heavy atom. The van der Waals surface area contributed by atoms with Crippen LogP contribution in [0.5, 0.6) is 0 Å². The molecule has 4 rings (SSSR count). The molecule has 14 heteroatoms. The van der Waals surface area contributed by atoms with Gasteiger partial charge in [0.05, 0.1) is 26.6 Å². The maximum Gasteiger partial charge on any atom is 0.491 e. The molecular formula is C29H30Cl2F3N5O4. The summed E-state index contributed by atoms with van der Waals surface area (Å²) in [6.45, 7) is 4.43. The van der Waals surface area contributed by atoms with E-state index in [4.69, 9.17) is 33.7 Å². The number of hydrogen-bond acceptors (Lipinski definition) is 6. The molecule has 9 nitrogen and oxygen atoms in total. The van der Waals surface area contributed by atoms with Crippen LogP contribution in [-0.4, -0.2) is 56.7 Å². The molecule has 0 radical (unpaired) electrons. The molecule has 1 amide bonds. The Balaban J connectivity index is 1.97. The lowest BCUT2D eigenvalue weighted by Gasteiger charge is -2.26. The van der Waals surface area contributed by atoms with E-state index in [1.54, 1.807) is 44.2 Å². The molecule has 4 aromatic rings. The van der Waals surface area contributed by atoms with Crippen molar-refractivity contribution < 1.29 is 27.5 Å². The van der Waals surface area contributed by atoms with Crippen LogP contribution in [-0.2, 0) is 20.9 Å². The van der Waals surface area contributed by atoms with Crippen LogP contribution in [0, 0.1) is 0 Å². The number of carbonyl (C=O) groups excluding carboxylic acids is 2. The molecule has 0 fully saturated rings. The summed E-state index contributed by atoms with van der Waals surface area (Å²) in [6, 6.07) is 9.54. The molecule has 43 heavy (non-hydrogen) atoms. The molecule has 2 N–H and O–H groups in total. The van der Waals surface area contributed by atoms with Crippen molar-refractivity contribution in [1.29, 1.82) is 0 Å². The molecule has 0 aliphatic carbocycles. The van der Waals surface area contributed by atoms with E-state index in [1.165, 1.54) is 21.7 Å². The van der Waals surface area contributed by atoms with E-state index in [-0.39, 0.29) is 39.9 Å². The number of benzene rings is 2. The van der Waals surface area contributed by atoms with Crippen LogP contribution in [0.1, 0.15) is 39.3 Å². The lowest BCUT2D eigenvalue weighted by Crippen LogP contribution is -2.41.